The SMILES string of the molecule is CN(CCN)c1cc(C#N)ccn1. The van der Waals surface area contributed by atoms with Crippen LogP contribution in [0.3, 0.4) is 0 Å². The van der Waals surface area contributed by atoms with Gasteiger partial charge < -0.3 is 10.6 Å². The standard InChI is InChI=1S/C9H12N4/c1-13(5-3-10)9-6-8(7-11)2-4-12-9/h2,4,6H,3,5,10H2,1H3. The van der Waals surface area contributed by atoms with E-state index in [9.17, 15) is 0 Å². The van der Waals surface area contributed by atoms with Crippen molar-refractivity contribution in [2.75, 3.05) is 25.0 Å². The zero-order valence-corrected chi connectivity index (χ0v) is 7.57. The predicted octanol–water partition coefficient (Wildman–Crippen LogP) is 0.348. The number of pyridine rings is 1. The minimum absolute atomic E-state index is 0.578. The van der Waals surface area contributed by atoms with Crippen molar-refractivity contribution in [2.24, 2.45) is 5.73 Å². The molecular formula is C9H12N4. The topological polar surface area (TPSA) is 65.9 Å². The minimum atomic E-state index is 0.578. The summed E-state index contributed by atoms with van der Waals surface area (Å²) in [4.78, 5) is 6.04. The zero-order chi connectivity index (χ0) is 9.68. The summed E-state index contributed by atoms with van der Waals surface area (Å²) in [5, 5.41) is 8.65. The van der Waals surface area contributed by atoms with Gasteiger partial charge in [0.05, 0.1) is 11.6 Å². The van der Waals surface area contributed by atoms with Gasteiger partial charge in [-0.3, -0.25) is 0 Å². The van der Waals surface area contributed by atoms with Crippen LogP contribution in [0.15, 0.2) is 18.3 Å². The fourth-order valence-corrected chi connectivity index (χ4v) is 1.00. The molecule has 0 bridgehead atoms. The molecule has 0 radical (unpaired) electrons. The van der Waals surface area contributed by atoms with Crippen LogP contribution >= 0.6 is 0 Å². The van der Waals surface area contributed by atoms with Gasteiger partial charge in [0.1, 0.15) is 5.82 Å². The Kier molecular flexibility index (Phi) is 3.23. The first-order valence-corrected chi connectivity index (χ1v) is 4.05. The molecule has 0 aliphatic rings. The molecule has 0 fully saturated rings. The second-order valence-corrected chi connectivity index (χ2v) is 2.72. The van der Waals surface area contributed by atoms with E-state index in [1.807, 2.05) is 11.9 Å². The fourth-order valence-electron chi connectivity index (χ4n) is 1.00. The van der Waals surface area contributed by atoms with E-state index < -0.39 is 0 Å². The van der Waals surface area contributed by atoms with Crippen LogP contribution in [-0.4, -0.2) is 25.1 Å². The Balaban J connectivity index is 2.83. The molecule has 0 aliphatic heterocycles. The van der Waals surface area contributed by atoms with Crippen LogP contribution in [0.4, 0.5) is 5.82 Å². The van der Waals surface area contributed by atoms with Crippen LogP contribution in [0.5, 0.6) is 0 Å². The van der Waals surface area contributed by atoms with Gasteiger partial charge in [0.25, 0.3) is 0 Å². The molecule has 1 aromatic rings. The number of rotatable bonds is 3. The maximum absolute atomic E-state index is 8.65. The Morgan fingerprint density at radius 3 is 3.08 bits per heavy atom. The highest BCUT2D eigenvalue weighted by atomic mass is 15.2. The van der Waals surface area contributed by atoms with Crippen molar-refractivity contribution < 1.29 is 0 Å². The fraction of sp³-hybridized carbons (Fsp3) is 0.333. The first-order chi connectivity index (χ1) is 6.27. The van der Waals surface area contributed by atoms with Gasteiger partial charge in [0.2, 0.25) is 0 Å². The molecule has 0 saturated carbocycles. The largest absolute Gasteiger partial charge is 0.358 e. The van der Waals surface area contributed by atoms with E-state index in [0.29, 0.717) is 12.1 Å². The van der Waals surface area contributed by atoms with Crippen LogP contribution < -0.4 is 10.6 Å². The van der Waals surface area contributed by atoms with Crippen LogP contribution in [0.1, 0.15) is 5.56 Å². The average Bonchev–Trinajstić information content (AvgIpc) is 2.18. The molecule has 0 aromatic carbocycles. The van der Waals surface area contributed by atoms with Crippen molar-refractivity contribution in [3.8, 4) is 6.07 Å². The van der Waals surface area contributed by atoms with Gasteiger partial charge in [-0.25, -0.2) is 4.98 Å². The molecule has 1 rings (SSSR count). The summed E-state index contributed by atoms with van der Waals surface area (Å²) in [6.45, 7) is 1.32. The van der Waals surface area contributed by atoms with Gasteiger partial charge in [-0.15, -0.1) is 0 Å². The lowest BCUT2D eigenvalue weighted by Crippen LogP contribution is -2.25. The molecule has 0 saturated heterocycles. The van der Waals surface area contributed by atoms with Crippen molar-refractivity contribution >= 4 is 5.82 Å². The third-order valence-corrected chi connectivity index (χ3v) is 1.73. The molecule has 0 amide bonds. The molecule has 0 atom stereocenters. The van der Waals surface area contributed by atoms with E-state index in [-0.39, 0.29) is 0 Å². The van der Waals surface area contributed by atoms with Gasteiger partial charge >= 0.3 is 0 Å². The molecule has 4 nitrogen and oxygen atoms in total. The molecule has 68 valence electrons. The molecule has 0 aliphatic carbocycles. The maximum atomic E-state index is 8.65. The predicted molar refractivity (Wildman–Crippen MR) is 51.3 cm³/mol. The Morgan fingerprint density at radius 1 is 1.69 bits per heavy atom. The lowest BCUT2D eigenvalue weighted by atomic mass is 10.3. The van der Waals surface area contributed by atoms with Crippen molar-refractivity contribution in [3.05, 3.63) is 23.9 Å². The summed E-state index contributed by atoms with van der Waals surface area (Å²) in [6, 6.07) is 5.49. The molecule has 1 heterocycles. The van der Waals surface area contributed by atoms with E-state index in [0.717, 1.165) is 12.4 Å². The third kappa shape index (κ3) is 2.42. The Labute approximate surface area is 77.6 Å². The van der Waals surface area contributed by atoms with E-state index in [1.165, 1.54) is 0 Å². The third-order valence-electron chi connectivity index (χ3n) is 1.73. The van der Waals surface area contributed by atoms with Gasteiger partial charge in [0, 0.05) is 26.3 Å². The quantitative estimate of drug-likeness (QED) is 0.721. The number of nitrogens with two attached hydrogens (primary N) is 1. The summed E-state index contributed by atoms with van der Waals surface area (Å²) < 4.78 is 0. The Morgan fingerprint density at radius 2 is 2.46 bits per heavy atom. The summed E-state index contributed by atoms with van der Waals surface area (Å²) in [5.74, 6) is 0.782. The molecular weight excluding hydrogens is 164 g/mol. The summed E-state index contributed by atoms with van der Waals surface area (Å²) in [7, 11) is 1.90. The van der Waals surface area contributed by atoms with Crippen LogP contribution in [-0.2, 0) is 0 Å². The normalized spacial score (nSPS) is 9.31. The van der Waals surface area contributed by atoms with Crippen molar-refractivity contribution in [2.45, 2.75) is 0 Å². The lowest BCUT2D eigenvalue weighted by Gasteiger charge is -2.16. The Hall–Kier alpha value is -1.60. The number of hydrogen-bond donors (Lipinski definition) is 1. The molecule has 2 N–H and O–H groups in total. The molecule has 4 heteroatoms. The van der Waals surface area contributed by atoms with E-state index in [1.54, 1.807) is 18.3 Å². The highest BCUT2D eigenvalue weighted by Gasteiger charge is 2.01. The van der Waals surface area contributed by atoms with E-state index >= 15 is 0 Å². The number of likely N-dealkylation sites (N-methyl/N-ethyl adjacent to an activating group) is 1. The Bertz CT molecular complexity index is 316. The lowest BCUT2D eigenvalue weighted by molar-refractivity contribution is 0.868. The number of nitrogens with zero attached hydrogens (tertiary/aromatic N) is 3. The molecule has 13 heavy (non-hydrogen) atoms. The molecule has 0 unspecified atom stereocenters. The molecule has 0 spiro atoms. The molecule has 1 aromatic heterocycles. The smallest absolute Gasteiger partial charge is 0.129 e. The van der Waals surface area contributed by atoms with Gasteiger partial charge in [-0.2, -0.15) is 5.26 Å². The van der Waals surface area contributed by atoms with Crippen LogP contribution in [0.25, 0.3) is 0 Å². The van der Waals surface area contributed by atoms with Gasteiger partial charge in [0.15, 0.2) is 0 Å². The summed E-state index contributed by atoms with van der Waals surface area (Å²) >= 11 is 0. The summed E-state index contributed by atoms with van der Waals surface area (Å²) in [6.07, 6.45) is 1.63. The monoisotopic (exact) mass is 176 g/mol. The summed E-state index contributed by atoms with van der Waals surface area (Å²) in [5.41, 5.74) is 6.02. The van der Waals surface area contributed by atoms with Crippen LogP contribution in [0.2, 0.25) is 0 Å². The minimum Gasteiger partial charge on any atom is -0.358 e. The van der Waals surface area contributed by atoms with Crippen molar-refractivity contribution in [1.82, 2.24) is 4.98 Å². The number of hydrogen-bond acceptors (Lipinski definition) is 4. The van der Waals surface area contributed by atoms with Gasteiger partial charge in [-0.05, 0) is 12.1 Å². The second kappa shape index (κ2) is 4.43. The van der Waals surface area contributed by atoms with E-state index in [4.69, 9.17) is 11.0 Å². The van der Waals surface area contributed by atoms with Gasteiger partial charge in [-0.1, -0.05) is 0 Å². The average molecular weight is 176 g/mol. The first-order valence-electron chi connectivity index (χ1n) is 4.05. The van der Waals surface area contributed by atoms with Crippen LogP contribution in [0, 0.1) is 11.3 Å². The highest BCUT2D eigenvalue weighted by Crippen LogP contribution is 2.09. The zero-order valence-electron chi connectivity index (χ0n) is 7.57. The van der Waals surface area contributed by atoms with Crippen molar-refractivity contribution in [1.29, 1.82) is 5.26 Å². The van der Waals surface area contributed by atoms with Crippen molar-refractivity contribution in [3.63, 3.8) is 0 Å². The first kappa shape index (κ1) is 9.49. The second-order valence-electron chi connectivity index (χ2n) is 2.72. The number of aromatic nitrogens is 1. The highest BCUT2D eigenvalue weighted by molar-refractivity contribution is 5.44. The van der Waals surface area contributed by atoms with E-state index in [2.05, 4.69) is 11.1 Å². The number of anilines is 1. The number of nitriles is 1. The maximum Gasteiger partial charge on any atom is 0.129 e.